The summed E-state index contributed by atoms with van der Waals surface area (Å²) in [5.74, 6) is 0.0790. The first-order valence-corrected chi connectivity index (χ1v) is 3.39. The number of nitrogens with two attached hydrogens (primary N) is 1. The highest BCUT2D eigenvalue weighted by Gasteiger charge is 2.04. The second-order valence-corrected chi connectivity index (χ2v) is 2.38. The van der Waals surface area contributed by atoms with Gasteiger partial charge < -0.3 is 10.5 Å². The molecule has 1 unspecified atom stereocenters. The van der Waals surface area contributed by atoms with Gasteiger partial charge in [0.25, 0.3) is 0 Å². The first-order valence-electron chi connectivity index (χ1n) is 3.39. The van der Waals surface area contributed by atoms with Gasteiger partial charge in [0.2, 0.25) is 0 Å². The van der Waals surface area contributed by atoms with Gasteiger partial charge >= 0.3 is 0 Å². The lowest BCUT2D eigenvalue weighted by atomic mass is 9.98. The second kappa shape index (κ2) is 3.32. The van der Waals surface area contributed by atoms with Crippen molar-refractivity contribution in [3.05, 3.63) is 23.8 Å². The number of allylic oxidation sites excluding steroid dienone is 2. The number of aldehydes is 1. The standard InChI is InChI=1S/C8H11NO/c9-5-7-1-3-8(6-10)4-2-7/h1-3,6,8H,4-5,9H2. The van der Waals surface area contributed by atoms with E-state index < -0.39 is 0 Å². The molecule has 2 nitrogen and oxygen atoms in total. The van der Waals surface area contributed by atoms with Gasteiger partial charge in [0, 0.05) is 12.5 Å². The van der Waals surface area contributed by atoms with E-state index in [9.17, 15) is 4.79 Å². The van der Waals surface area contributed by atoms with Gasteiger partial charge in [-0.05, 0) is 12.0 Å². The molecule has 54 valence electrons. The third-order valence-electron chi connectivity index (χ3n) is 1.62. The molecule has 1 aliphatic rings. The molecular formula is C8H11NO. The predicted octanol–water partition coefficient (Wildman–Crippen LogP) is 0.646. The van der Waals surface area contributed by atoms with Crippen LogP contribution in [0.1, 0.15) is 6.42 Å². The number of carbonyl (C=O) groups is 1. The van der Waals surface area contributed by atoms with Crippen LogP contribution >= 0.6 is 0 Å². The van der Waals surface area contributed by atoms with Gasteiger partial charge in [0.05, 0.1) is 0 Å². The Morgan fingerprint density at radius 3 is 3.00 bits per heavy atom. The molecule has 1 aliphatic carbocycles. The molecule has 0 aromatic rings. The maximum atomic E-state index is 10.2. The van der Waals surface area contributed by atoms with Crippen LogP contribution in [0.2, 0.25) is 0 Å². The molecule has 0 saturated heterocycles. The van der Waals surface area contributed by atoms with Gasteiger partial charge in [-0.3, -0.25) is 0 Å². The lowest BCUT2D eigenvalue weighted by molar-refractivity contribution is -0.109. The molecule has 1 atom stereocenters. The summed E-state index contributed by atoms with van der Waals surface area (Å²) in [6.07, 6.45) is 7.60. The maximum absolute atomic E-state index is 10.2. The Labute approximate surface area is 60.4 Å². The molecule has 1 rings (SSSR count). The molecule has 2 heteroatoms. The summed E-state index contributed by atoms with van der Waals surface area (Å²) in [4.78, 5) is 10.2. The highest BCUT2D eigenvalue weighted by Crippen LogP contribution is 2.12. The summed E-state index contributed by atoms with van der Waals surface area (Å²) in [6.45, 7) is 0.572. The van der Waals surface area contributed by atoms with Gasteiger partial charge in [-0.15, -0.1) is 0 Å². The van der Waals surface area contributed by atoms with Crippen molar-refractivity contribution in [2.45, 2.75) is 6.42 Å². The SMILES string of the molecule is NCC1=CCC(C=O)C=C1. The Kier molecular flexibility index (Phi) is 2.40. The molecule has 0 aliphatic heterocycles. The van der Waals surface area contributed by atoms with E-state index in [2.05, 4.69) is 0 Å². The van der Waals surface area contributed by atoms with Crippen LogP contribution in [0.4, 0.5) is 0 Å². The van der Waals surface area contributed by atoms with Gasteiger partial charge in [-0.1, -0.05) is 18.2 Å². The minimum Gasteiger partial charge on any atom is -0.327 e. The van der Waals surface area contributed by atoms with E-state index in [0.29, 0.717) is 6.54 Å². The Hall–Kier alpha value is -0.890. The first kappa shape index (κ1) is 7.22. The van der Waals surface area contributed by atoms with Crippen LogP contribution in [0.25, 0.3) is 0 Å². The molecule has 0 radical (unpaired) electrons. The lowest BCUT2D eigenvalue weighted by Crippen LogP contribution is -2.07. The Bertz CT molecular complexity index is 182. The summed E-state index contributed by atoms with van der Waals surface area (Å²) < 4.78 is 0. The van der Waals surface area contributed by atoms with Crippen molar-refractivity contribution in [2.24, 2.45) is 11.7 Å². The van der Waals surface area contributed by atoms with Crippen LogP contribution in [0.3, 0.4) is 0 Å². The molecule has 10 heavy (non-hydrogen) atoms. The Morgan fingerprint density at radius 1 is 1.80 bits per heavy atom. The van der Waals surface area contributed by atoms with E-state index in [-0.39, 0.29) is 5.92 Å². The number of carbonyl (C=O) groups excluding carboxylic acids is 1. The zero-order valence-electron chi connectivity index (χ0n) is 5.79. The Balaban J connectivity index is 2.54. The summed E-state index contributed by atoms with van der Waals surface area (Å²) in [6, 6.07) is 0. The minimum atomic E-state index is 0.0790. The fourth-order valence-corrected chi connectivity index (χ4v) is 0.934. The molecule has 0 heterocycles. The first-order chi connectivity index (χ1) is 4.86. The molecular weight excluding hydrogens is 126 g/mol. The van der Waals surface area contributed by atoms with Crippen molar-refractivity contribution >= 4 is 6.29 Å². The topological polar surface area (TPSA) is 43.1 Å². The van der Waals surface area contributed by atoms with E-state index in [0.717, 1.165) is 18.3 Å². The molecule has 0 saturated carbocycles. The van der Waals surface area contributed by atoms with Crippen molar-refractivity contribution in [2.75, 3.05) is 6.54 Å². The van der Waals surface area contributed by atoms with Crippen LogP contribution in [-0.4, -0.2) is 12.8 Å². The predicted molar refractivity (Wildman–Crippen MR) is 40.4 cm³/mol. The van der Waals surface area contributed by atoms with Gasteiger partial charge in [-0.2, -0.15) is 0 Å². The molecule has 0 amide bonds. The highest BCUT2D eigenvalue weighted by molar-refractivity contribution is 5.58. The minimum absolute atomic E-state index is 0.0790. The smallest absolute Gasteiger partial charge is 0.127 e. The Morgan fingerprint density at radius 2 is 2.60 bits per heavy atom. The summed E-state index contributed by atoms with van der Waals surface area (Å²) in [5.41, 5.74) is 6.51. The summed E-state index contributed by atoms with van der Waals surface area (Å²) in [7, 11) is 0. The van der Waals surface area contributed by atoms with Gasteiger partial charge in [0.1, 0.15) is 6.29 Å². The van der Waals surface area contributed by atoms with Crippen molar-refractivity contribution in [3.63, 3.8) is 0 Å². The summed E-state index contributed by atoms with van der Waals surface area (Å²) in [5, 5.41) is 0. The van der Waals surface area contributed by atoms with Crippen LogP contribution in [0, 0.1) is 5.92 Å². The largest absolute Gasteiger partial charge is 0.327 e. The van der Waals surface area contributed by atoms with E-state index in [1.165, 1.54) is 0 Å². The van der Waals surface area contributed by atoms with E-state index in [1.54, 1.807) is 0 Å². The third-order valence-corrected chi connectivity index (χ3v) is 1.62. The lowest BCUT2D eigenvalue weighted by Gasteiger charge is -2.08. The number of rotatable bonds is 2. The molecule has 0 spiro atoms. The van der Waals surface area contributed by atoms with Crippen LogP contribution in [0.15, 0.2) is 23.8 Å². The molecule has 0 aromatic heterocycles. The fraction of sp³-hybridized carbons (Fsp3) is 0.375. The average Bonchev–Trinajstić information content (AvgIpc) is 2.05. The number of hydrogen-bond acceptors (Lipinski definition) is 2. The third kappa shape index (κ3) is 1.54. The molecule has 0 fully saturated rings. The zero-order chi connectivity index (χ0) is 7.40. The normalized spacial score (nSPS) is 24.1. The average molecular weight is 137 g/mol. The van der Waals surface area contributed by atoms with E-state index in [4.69, 9.17) is 5.73 Å². The van der Waals surface area contributed by atoms with Crippen LogP contribution in [-0.2, 0) is 4.79 Å². The highest BCUT2D eigenvalue weighted by atomic mass is 16.1. The van der Waals surface area contributed by atoms with E-state index in [1.807, 2.05) is 18.2 Å². The zero-order valence-corrected chi connectivity index (χ0v) is 5.79. The monoisotopic (exact) mass is 137 g/mol. The molecule has 0 bridgehead atoms. The van der Waals surface area contributed by atoms with Crippen molar-refractivity contribution in [1.82, 2.24) is 0 Å². The van der Waals surface area contributed by atoms with Crippen molar-refractivity contribution in [1.29, 1.82) is 0 Å². The molecule has 2 N–H and O–H groups in total. The van der Waals surface area contributed by atoms with Crippen LogP contribution < -0.4 is 5.73 Å². The fourth-order valence-electron chi connectivity index (χ4n) is 0.934. The van der Waals surface area contributed by atoms with Crippen molar-refractivity contribution < 1.29 is 4.79 Å². The van der Waals surface area contributed by atoms with Crippen LogP contribution in [0.5, 0.6) is 0 Å². The summed E-state index contributed by atoms with van der Waals surface area (Å²) >= 11 is 0. The van der Waals surface area contributed by atoms with Crippen molar-refractivity contribution in [3.8, 4) is 0 Å². The van der Waals surface area contributed by atoms with Gasteiger partial charge in [0.15, 0.2) is 0 Å². The van der Waals surface area contributed by atoms with E-state index >= 15 is 0 Å². The number of hydrogen-bond donors (Lipinski definition) is 1. The quantitative estimate of drug-likeness (QED) is 0.568. The second-order valence-electron chi connectivity index (χ2n) is 2.38. The molecule has 0 aromatic carbocycles. The maximum Gasteiger partial charge on any atom is 0.127 e. The van der Waals surface area contributed by atoms with Gasteiger partial charge in [-0.25, -0.2) is 0 Å².